The molecule has 2 aromatic rings. The number of nitrogens with zero attached hydrogens (tertiary/aromatic N) is 2. The highest BCUT2D eigenvalue weighted by Gasteiger charge is 2.30. The van der Waals surface area contributed by atoms with Crippen LogP contribution in [0.4, 0.5) is 19.0 Å². The summed E-state index contributed by atoms with van der Waals surface area (Å²) in [6, 6.07) is 5.18. The average molecular weight is 255 g/mol. The minimum absolute atomic E-state index is 0.266. The van der Waals surface area contributed by atoms with Crippen LogP contribution in [0.3, 0.4) is 0 Å². The van der Waals surface area contributed by atoms with Gasteiger partial charge in [-0.3, -0.25) is 4.68 Å². The van der Waals surface area contributed by atoms with E-state index in [-0.39, 0.29) is 6.54 Å². The van der Waals surface area contributed by atoms with Gasteiger partial charge in [-0.25, -0.2) is 0 Å². The van der Waals surface area contributed by atoms with Crippen LogP contribution >= 0.6 is 0 Å². The van der Waals surface area contributed by atoms with Crippen LogP contribution in [0.1, 0.15) is 16.7 Å². The molecule has 0 atom stereocenters. The summed E-state index contributed by atoms with van der Waals surface area (Å²) in [5.41, 5.74) is 6.27. The summed E-state index contributed by atoms with van der Waals surface area (Å²) < 4.78 is 39.1. The molecule has 1 aromatic heterocycles. The van der Waals surface area contributed by atoms with Gasteiger partial charge in [0.15, 0.2) is 0 Å². The molecule has 0 amide bonds. The standard InChI is InChI=1S/C12H12F3N3/c1-8-6-18(17-11(8)16)7-9-3-2-4-10(5-9)12(13,14)15/h2-6H,7H2,1H3,(H2,16,17). The Hall–Kier alpha value is -1.98. The normalized spacial score (nSPS) is 11.8. The van der Waals surface area contributed by atoms with E-state index >= 15 is 0 Å². The van der Waals surface area contributed by atoms with E-state index in [0.29, 0.717) is 11.4 Å². The molecule has 0 saturated carbocycles. The quantitative estimate of drug-likeness (QED) is 0.896. The summed E-state index contributed by atoms with van der Waals surface area (Å²) in [5, 5.41) is 4.01. The number of alkyl halides is 3. The van der Waals surface area contributed by atoms with Crippen LogP contribution in [0.25, 0.3) is 0 Å². The molecular formula is C12H12F3N3. The summed E-state index contributed by atoms with van der Waals surface area (Å²) in [7, 11) is 0. The number of rotatable bonds is 2. The fourth-order valence-electron chi connectivity index (χ4n) is 1.65. The van der Waals surface area contributed by atoms with Crippen LogP contribution in [-0.2, 0) is 12.7 Å². The molecule has 2 N–H and O–H groups in total. The van der Waals surface area contributed by atoms with Crippen molar-refractivity contribution in [1.82, 2.24) is 9.78 Å². The number of aryl methyl sites for hydroxylation is 1. The second-order valence-corrected chi connectivity index (χ2v) is 4.09. The molecule has 0 unspecified atom stereocenters. The van der Waals surface area contributed by atoms with Crippen molar-refractivity contribution >= 4 is 5.82 Å². The maximum atomic E-state index is 12.5. The molecule has 0 aliphatic heterocycles. The molecule has 0 fully saturated rings. The third-order valence-corrected chi connectivity index (χ3v) is 2.58. The molecule has 0 spiro atoms. The van der Waals surface area contributed by atoms with E-state index in [1.807, 2.05) is 0 Å². The van der Waals surface area contributed by atoms with E-state index in [2.05, 4.69) is 5.10 Å². The Morgan fingerprint density at radius 1 is 1.33 bits per heavy atom. The Morgan fingerprint density at radius 3 is 2.61 bits per heavy atom. The van der Waals surface area contributed by atoms with Gasteiger partial charge in [-0.15, -0.1) is 0 Å². The number of benzene rings is 1. The zero-order valence-corrected chi connectivity index (χ0v) is 9.70. The number of nitrogens with two attached hydrogens (primary N) is 1. The number of nitrogen functional groups attached to an aromatic ring is 1. The lowest BCUT2D eigenvalue weighted by Crippen LogP contribution is -2.07. The number of anilines is 1. The van der Waals surface area contributed by atoms with E-state index in [1.54, 1.807) is 19.2 Å². The van der Waals surface area contributed by atoms with Crippen LogP contribution < -0.4 is 5.73 Å². The fourth-order valence-corrected chi connectivity index (χ4v) is 1.65. The minimum Gasteiger partial charge on any atom is -0.382 e. The molecular weight excluding hydrogens is 243 g/mol. The van der Waals surface area contributed by atoms with Crippen molar-refractivity contribution in [3.8, 4) is 0 Å². The molecule has 3 nitrogen and oxygen atoms in total. The van der Waals surface area contributed by atoms with Crippen LogP contribution in [0.15, 0.2) is 30.5 Å². The highest BCUT2D eigenvalue weighted by molar-refractivity contribution is 5.36. The van der Waals surface area contributed by atoms with E-state index in [4.69, 9.17) is 5.73 Å². The summed E-state index contributed by atoms with van der Waals surface area (Å²) >= 11 is 0. The van der Waals surface area contributed by atoms with Crippen molar-refractivity contribution in [2.45, 2.75) is 19.6 Å². The van der Waals surface area contributed by atoms with E-state index < -0.39 is 11.7 Å². The van der Waals surface area contributed by atoms with Gasteiger partial charge in [0.05, 0.1) is 12.1 Å². The third-order valence-electron chi connectivity index (χ3n) is 2.58. The first-order valence-electron chi connectivity index (χ1n) is 5.32. The Labute approximate surface area is 102 Å². The maximum absolute atomic E-state index is 12.5. The van der Waals surface area contributed by atoms with E-state index in [9.17, 15) is 13.2 Å². The Balaban J connectivity index is 2.24. The molecule has 18 heavy (non-hydrogen) atoms. The van der Waals surface area contributed by atoms with Gasteiger partial charge in [0, 0.05) is 11.8 Å². The summed E-state index contributed by atoms with van der Waals surface area (Å²) in [5.74, 6) is 0.391. The second-order valence-electron chi connectivity index (χ2n) is 4.09. The third kappa shape index (κ3) is 2.64. The molecule has 1 aromatic carbocycles. The van der Waals surface area contributed by atoms with Gasteiger partial charge in [-0.05, 0) is 24.6 Å². The van der Waals surface area contributed by atoms with Crippen LogP contribution in [0.2, 0.25) is 0 Å². The Kier molecular flexibility index (Phi) is 3.02. The largest absolute Gasteiger partial charge is 0.416 e. The van der Waals surface area contributed by atoms with E-state index in [0.717, 1.165) is 17.7 Å². The lowest BCUT2D eigenvalue weighted by Gasteiger charge is -2.08. The molecule has 6 heteroatoms. The number of hydrogen-bond acceptors (Lipinski definition) is 2. The highest BCUT2D eigenvalue weighted by Crippen LogP contribution is 2.29. The van der Waals surface area contributed by atoms with Gasteiger partial charge >= 0.3 is 6.18 Å². The first kappa shape index (κ1) is 12.5. The van der Waals surface area contributed by atoms with Gasteiger partial charge in [0.25, 0.3) is 0 Å². The number of halogens is 3. The summed E-state index contributed by atoms with van der Waals surface area (Å²) in [6.07, 6.45) is -2.62. The van der Waals surface area contributed by atoms with Crippen molar-refractivity contribution < 1.29 is 13.2 Å². The Morgan fingerprint density at radius 2 is 2.06 bits per heavy atom. The second kappa shape index (κ2) is 4.36. The predicted molar refractivity (Wildman–Crippen MR) is 61.9 cm³/mol. The van der Waals surface area contributed by atoms with Gasteiger partial charge in [-0.1, -0.05) is 12.1 Å². The topological polar surface area (TPSA) is 43.8 Å². The molecule has 0 aliphatic carbocycles. The fraction of sp³-hybridized carbons (Fsp3) is 0.250. The van der Waals surface area contributed by atoms with Crippen molar-refractivity contribution in [3.63, 3.8) is 0 Å². The van der Waals surface area contributed by atoms with Crippen molar-refractivity contribution in [3.05, 3.63) is 47.2 Å². The predicted octanol–water partition coefficient (Wildman–Crippen LogP) is 2.84. The lowest BCUT2D eigenvalue weighted by atomic mass is 10.1. The van der Waals surface area contributed by atoms with Crippen molar-refractivity contribution in [1.29, 1.82) is 0 Å². The lowest BCUT2D eigenvalue weighted by molar-refractivity contribution is -0.137. The molecule has 0 bridgehead atoms. The number of aromatic nitrogens is 2. The maximum Gasteiger partial charge on any atom is 0.416 e. The van der Waals surface area contributed by atoms with Crippen molar-refractivity contribution in [2.24, 2.45) is 0 Å². The van der Waals surface area contributed by atoms with Gasteiger partial charge in [0.2, 0.25) is 0 Å². The van der Waals surface area contributed by atoms with Gasteiger partial charge in [0.1, 0.15) is 5.82 Å². The average Bonchev–Trinajstić information content (AvgIpc) is 2.57. The zero-order valence-electron chi connectivity index (χ0n) is 9.70. The SMILES string of the molecule is Cc1cn(Cc2cccc(C(F)(F)F)c2)nc1N. The summed E-state index contributed by atoms with van der Waals surface area (Å²) in [4.78, 5) is 0. The van der Waals surface area contributed by atoms with E-state index in [1.165, 1.54) is 10.7 Å². The van der Waals surface area contributed by atoms with Crippen LogP contribution in [0, 0.1) is 6.92 Å². The van der Waals surface area contributed by atoms with Gasteiger partial charge in [-0.2, -0.15) is 18.3 Å². The molecule has 0 radical (unpaired) electrons. The molecule has 0 saturated heterocycles. The zero-order chi connectivity index (χ0) is 13.3. The van der Waals surface area contributed by atoms with Crippen LogP contribution in [0.5, 0.6) is 0 Å². The minimum atomic E-state index is -4.32. The first-order valence-corrected chi connectivity index (χ1v) is 5.32. The smallest absolute Gasteiger partial charge is 0.382 e. The first-order chi connectivity index (χ1) is 8.36. The molecule has 1 heterocycles. The van der Waals surface area contributed by atoms with Gasteiger partial charge < -0.3 is 5.73 Å². The molecule has 2 rings (SSSR count). The van der Waals surface area contributed by atoms with Crippen LogP contribution in [-0.4, -0.2) is 9.78 Å². The molecule has 0 aliphatic rings. The van der Waals surface area contributed by atoms with Crippen molar-refractivity contribution in [2.75, 3.05) is 5.73 Å². The monoisotopic (exact) mass is 255 g/mol. The number of hydrogen-bond donors (Lipinski definition) is 1. The summed E-state index contributed by atoms with van der Waals surface area (Å²) in [6.45, 7) is 2.06. The molecule has 96 valence electrons. The highest BCUT2D eigenvalue weighted by atomic mass is 19.4. The Bertz CT molecular complexity index is 538.